The number of aromatic nitrogens is 2. The predicted molar refractivity (Wildman–Crippen MR) is 187 cm³/mol. The van der Waals surface area contributed by atoms with E-state index < -0.39 is 0 Å². The molecular formula is C42H31N3. The summed E-state index contributed by atoms with van der Waals surface area (Å²) in [5, 5.41) is 1.25. The fourth-order valence-corrected chi connectivity index (χ4v) is 7.57. The number of rotatable bonds is 4. The molecule has 6 aromatic rings. The highest BCUT2D eigenvalue weighted by molar-refractivity contribution is 6.02. The van der Waals surface area contributed by atoms with Crippen molar-refractivity contribution in [2.45, 2.75) is 12.5 Å². The van der Waals surface area contributed by atoms with Crippen molar-refractivity contribution < 1.29 is 0 Å². The summed E-state index contributed by atoms with van der Waals surface area (Å²) in [6, 6.07) is 45.1. The minimum Gasteiger partial charge on any atom is -0.337 e. The fourth-order valence-electron chi connectivity index (χ4n) is 7.57. The van der Waals surface area contributed by atoms with E-state index in [1.807, 2.05) is 0 Å². The standard InChI is InChI=1S/C42H31N3/c1-42-32(25-26-44(42)33-17-9-4-10-18-33)21-22-34-36(42)23-24-39-41(34)35-19-11-12-20-38(35)45(39)40-28-31(29-13-5-2-6-14-29)27-37(43-40)30-15-7-3-8-16-30/h2-28,36H,1H3. The maximum absolute atomic E-state index is 5.33. The average Bonchev–Trinajstić information content (AvgIpc) is 3.64. The number of hydrogen-bond donors (Lipinski definition) is 0. The first-order valence-electron chi connectivity index (χ1n) is 15.6. The third kappa shape index (κ3) is 3.87. The highest BCUT2D eigenvalue weighted by Crippen LogP contribution is 2.53. The Morgan fingerprint density at radius 2 is 1.36 bits per heavy atom. The normalized spacial score (nSPS) is 19.6. The molecule has 3 nitrogen and oxygen atoms in total. The number of para-hydroxylation sites is 2. The van der Waals surface area contributed by atoms with Gasteiger partial charge in [-0.2, -0.15) is 0 Å². The van der Waals surface area contributed by atoms with Crippen LogP contribution in [0.3, 0.4) is 0 Å². The zero-order valence-corrected chi connectivity index (χ0v) is 25.0. The molecular weight excluding hydrogens is 546 g/mol. The molecule has 0 radical (unpaired) electrons. The first-order valence-corrected chi connectivity index (χ1v) is 15.6. The van der Waals surface area contributed by atoms with Gasteiger partial charge in [0.1, 0.15) is 5.82 Å². The van der Waals surface area contributed by atoms with Crippen molar-refractivity contribution >= 4 is 28.2 Å². The van der Waals surface area contributed by atoms with Crippen LogP contribution in [0.4, 0.5) is 5.69 Å². The molecule has 45 heavy (non-hydrogen) atoms. The van der Waals surface area contributed by atoms with Gasteiger partial charge in [-0.15, -0.1) is 0 Å². The number of anilines is 1. The minimum atomic E-state index is -0.227. The maximum atomic E-state index is 5.33. The lowest BCUT2D eigenvalue weighted by Crippen LogP contribution is -2.49. The largest absolute Gasteiger partial charge is 0.337 e. The van der Waals surface area contributed by atoms with Gasteiger partial charge in [-0.3, -0.25) is 4.57 Å². The van der Waals surface area contributed by atoms with Crippen LogP contribution in [0, 0.1) is 5.92 Å². The second-order valence-electron chi connectivity index (χ2n) is 12.2. The minimum absolute atomic E-state index is 0.183. The average molecular weight is 578 g/mol. The van der Waals surface area contributed by atoms with Gasteiger partial charge in [-0.25, -0.2) is 4.98 Å². The number of allylic oxidation sites excluding steroid dienone is 2. The molecule has 0 bridgehead atoms. The van der Waals surface area contributed by atoms with Crippen molar-refractivity contribution in [3.8, 4) is 28.2 Å². The lowest BCUT2D eigenvalue weighted by molar-refractivity contribution is 0.485. The van der Waals surface area contributed by atoms with Crippen molar-refractivity contribution in [1.82, 2.24) is 9.55 Å². The van der Waals surface area contributed by atoms with Crippen LogP contribution in [0.5, 0.6) is 0 Å². The molecule has 3 aliphatic rings. The van der Waals surface area contributed by atoms with E-state index >= 15 is 0 Å². The molecule has 0 spiro atoms. The second-order valence-corrected chi connectivity index (χ2v) is 12.2. The van der Waals surface area contributed by atoms with E-state index in [0.717, 1.165) is 28.2 Å². The van der Waals surface area contributed by atoms with Gasteiger partial charge >= 0.3 is 0 Å². The van der Waals surface area contributed by atoms with Crippen LogP contribution in [0.25, 0.3) is 50.8 Å². The number of hydrogen-bond acceptors (Lipinski definition) is 2. The van der Waals surface area contributed by atoms with Gasteiger partial charge in [0.25, 0.3) is 0 Å². The van der Waals surface area contributed by atoms with Crippen molar-refractivity contribution in [1.29, 1.82) is 0 Å². The van der Waals surface area contributed by atoms with Crippen LogP contribution in [-0.4, -0.2) is 15.1 Å². The zero-order chi connectivity index (χ0) is 30.0. The van der Waals surface area contributed by atoms with E-state index in [1.165, 1.54) is 39.0 Å². The maximum Gasteiger partial charge on any atom is 0.138 e. The predicted octanol–water partition coefficient (Wildman–Crippen LogP) is 10.1. The summed E-state index contributed by atoms with van der Waals surface area (Å²) in [5.74, 6) is 1.10. The third-order valence-electron chi connectivity index (χ3n) is 9.77. The number of fused-ring (bicyclic) bond motifs is 7. The van der Waals surface area contributed by atoms with Gasteiger partial charge in [0.2, 0.25) is 0 Å². The summed E-state index contributed by atoms with van der Waals surface area (Å²) in [6.07, 6.45) is 13.9. The molecule has 0 saturated heterocycles. The summed E-state index contributed by atoms with van der Waals surface area (Å²) < 4.78 is 2.36. The van der Waals surface area contributed by atoms with E-state index in [1.54, 1.807) is 0 Å². The fraction of sp³-hybridized carbons (Fsp3) is 0.0714. The molecule has 3 heterocycles. The highest BCUT2D eigenvalue weighted by Gasteiger charge is 2.48. The van der Waals surface area contributed by atoms with Crippen LogP contribution >= 0.6 is 0 Å². The topological polar surface area (TPSA) is 21.1 Å². The quantitative estimate of drug-likeness (QED) is 0.208. The first kappa shape index (κ1) is 25.8. The molecule has 0 fully saturated rings. The van der Waals surface area contributed by atoms with E-state index in [4.69, 9.17) is 4.98 Å². The summed E-state index contributed by atoms with van der Waals surface area (Å²) in [5.41, 5.74) is 11.7. The van der Waals surface area contributed by atoms with E-state index in [2.05, 4.69) is 180 Å². The van der Waals surface area contributed by atoms with Gasteiger partial charge in [0, 0.05) is 34.3 Å². The van der Waals surface area contributed by atoms with Crippen molar-refractivity contribution in [3.05, 3.63) is 175 Å². The molecule has 1 aliphatic heterocycles. The zero-order valence-electron chi connectivity index (χ0n) is 25.0. The van der Waals surface area contributed by atoms with E-state index in [-0.39, 0.29) is 11.5 Å². The Morgan fingerprint density at radius 1 is 0.667 bits per heavy atom. The summed E-state index contributed by atoms with van der Waals surface area (Å²) in [7, 11) is 0. The smallest absolute Gasteiger partial charge is 0.138 e. The molecule has 2 unspecified atom stereocenters. The Morgan fingerprint density at radius 3 is 2.13 bits per heavy atom. The van der Waals surface area contributed by atoms with Crippen LogP contribution in [0.1, 0.15) is 18.2 Å². The van der Waals surface area contributed by atoms with Crippen molar-refractivity contribution in [2.24, 2.45) is 5.92 Å². The second kappa shape index (κ2) is 9.93. The number of nitrogens with zero attached hydrogens (tertiary/aromatic N) is 3. The highest BCUT2D eigenvalue weighted by atomic mass is 15.2. The van der Waals surface area contributed by atoms with Crippen LogP contribution in [-0.2, 0) is 0 Å². The van der Waals surface area contributed by atoms with Crippen LogP contribution in [0.15, 0.2) is 163 Å². The summed E-state index contributed by atoms with van der Waals surface area (Å²) >= 11 is 0. The molecule has 2 aliphatic carbocycles. The molecule has 0 saturated carbocycles. The van der Waals surface area contributed by atoms with Gasteiger partial charge in [0.15, 0.2) is 0 Å². The molecule has 2 atom stereocenters. The number of pyridine rings is 1. The lowest BCUT2D eigenvalue weighted by atomic mass is 9.68. The molecule has 2 aromatic heterocycles. The van der Waals surface area contributed by atoms with E-state index in [9.17, 15) is 0 Å². The molecule has 9 rings (SSSR count). The lowest BCUT2D eigenvalue weighted by Gasteiger charge is -2.46. The summed E-state index contributed by atoms with van der Waals surface area (Å²) in [4.78, 5) is 7.78. The molecule has 3 heteroatoms. The van der Waals surface area contributed by atoms with Crippen molar-refractivity contribution in [3.63, 3.8) is 0 Å². The monoisotopic (exact) mass is 577 g/mol. The van der Waals surface area contributed by atoms with Crippen LogP contribution in [0.2, 0.25) is 0 Å². The summed E-state index contributed by atoms with van der Waals surface area (Å²) in [6.45, 7) is 2.38. The Balaban J connectivity index is 1.26. The van der Waals surface area contributed by atoms with E-state index in [0.29, 0.717) is 0 Å². The Labute approximate surface area is 263 Å². The van der Waals surface area contributed by atoms with Crippen molar-refractivity contribution in [2.75, 3.05) is 4.90 Å². The van der Waals surface area contributed by atoms with Gasteiger partial charge in [-0.1, -0.05) is 115 Å². The third-order valence-corrected chi connectivity index (χ3v) is 9.77. The molecule has 4 aromatic carbocycles. The Hall–Kier alpha value is -5.67. The molecule has 0 amide bonds. The SMILES string of the molecule is CC12C(=CC=C3c4c(n(-c5cc(-c6ccccc6)cc(-c6ccccc6)n5)c5ccccc45)C=CC31)C=CN2c1ccccc1. The van der Waals surface area contributed by atoms with Crippen LogP contribution < -0.4 is 4.90 Å². The Bertz CT molecular complexity index is 2160. The van der Waals surface area contributed by atoms with Gasteiger partial charge < -0.3 is 4.90 Å². The Kier molecular flexibility index (Phi) is 5.69. The molecule has 214 valence electrons. The first-order chi connectivity index (χ1) is 22.2. The van der Waals surface area contributed by atoms with Gasteiger partial charge in [-0.05, 0) is 71.7 Å². The molecule has 0 N–H and O–H groups in total. The van der Waals surface area contributed by atoms with Gasteiger partial charge in [0.05, 0.1) is 22.4 Å². The number of benzene rings is 4.